The van der Waals surface area contributed by atoms with Gasteiger partial charge in [0.15, 0.2) is 0 Å². The molecule has 1 atom stereocenters. The van der Waals surface area contributed by atoms with Gasteiger partial charge in [0, 0.05) is 24.3 Å². The molecule has 8 heteroatoms. The molecule has 1 aromatic carbocycles. The lowest BCUT2D eigenvalue weighted by molar-refractivity contribution is -0.111. The highest BCUT2D eigenvalue weighted by molar-refractivity contribution is 5.99. The Morgan fingerprint density at radius 1 is 1.36 bits per heavy atom. The minimum atomic E-state index is -0.587. The van der Waals surface area contributed by atoms with Gasteiger partial charge < -0.3 is 14.6 Å². The van der Waals surface area contributed by atoms with E-state index < -0.39 is 5.76 Å². The second-order valence-electron chi connectivity index (χ2n) is 5.81. The van der Waals surface area contributed by atoms with E-state index in [4.69, 9.17) is 4.42 Å². The van der Waals surface area contributed by atoms with Crippen LogP contribution in [-0.4, -0.2) is 40.0 Å². The Bertz CT molecular complexity index is 837. The molecule has 2 amide bonds. The second-order valence-corrected chi connectivity index (χ2v) is 5.81. The molecule has 0 radical (unpaired) electrons. The van der Waals surface area contributed by atoms with Crippen LogP contribution in [0.4, 0.5) is 5.69 Å². The molecule has 8 nitrogen and oxygen atoms in total. The van der Waals surface area contributed by atoms with Crippen LogP contribution in [0.5, 0.6) is 0 Å². The van der Waals surface area contributed by atoms with Gasteiger partial charge in [-0.05, 0) is 43.2 Å². The fourth-order valence-corrected chi connectivity index (χ4v) is 2.85. The number of piperidine rings is 1. The predicted molar refractivity (Wildman–Crippen MR) is 90.3 cm³/mol. The van der Waals surface area contributed by atoms with Crippen LogP contribution in [0, 0.1) is 0 Å². The Balaban J connectivity index is 1.68. The third-order valence-corrected chi connectivity index (χ3v) is 4.10. The van der Waals surface area contributed by atoms with Gasteiger partial charge in [0.25, 0.3) is 5.91 Å². The van der Waals surface area contributed by atoms with Crippen LogP contribution in [0.2, 0.25) is 0 Å². The first kappa shape index (κ1) is 16.7. The molecule has 0 spiro atoms. The first-order valence-electron chi connectivity index (χ1n) is 7.95. The van der Waals surface area contributed by atoms with Gasteiger partial charge in [0.2, 0.25) is 11.8 Å². The van der Waals surface area contributed by atoms with Crippen molar-refractivity contribution in [3.63, 3.8) is 0 Å². The number of H-pyrrole nitrogens is 1. The summed E-state index contributed by atoms with van der Waals surface area (Å²) in [5.74, 6) is -0.758. The van der Waals surface area contributed by atoms with Crippen molar-refractivity contribution in [3.05, 3.63) is 58.9 Å². The van der Waals surface area contributed by atoms with Crippen LogP contribution < -0.4 is 11.1 Å². The van der Waals surface area contributed by atoms with Crippen molar-refractivity contribution in [2.75, 3.05) is 18.4 Å². The lowest BCUT2D eigenvalue weighted by Crippen LogP contribution is -2.39. The number of carbonyl (C=O) groups excluding carboxylic acids is 2. The maximum atomic E-state index is 12.7. The van der Waals surface area contributed by atoms with E-state index in [9.17, 15) is 14.4 Å². The maximum absolute atomic E-state index is 12.7. The van der Waals surface area contributed by atoms with E-state index >= 15 is 0 Å². The van der Waals surface area contributed by atoms with Gasteiger partial charge in [0.1, 0.15) is 0 Å². The number of carbonyl (C=O) groups is 2. The molecule has 3 rings (SSSR count). The van der Waals surface area contributed by atoms with Crippen molar-refractivity contribution in [2.24, 2.45) is 0 Å². The molecule has 0 saturated carbocycles. The van der Waals surface area contributed by atoms with Crippen LogP contribution in [0.25, 0.3) is 0 Å². The largest absolute Gasteiger partial charge is 0.434 e. The molecule has 25 heavy (non-hydrogen) atoms. The fourth-order valence-electron chi connectivity index (χ4n) is 2.85. The van der Waals surface area contributed by atoms with Crippen molar-refractivity contribution in [1.29, 1.82) is 0 Å². The number of rotatable bonds is 4. The van der Waals surface area contributed by atoms with Crippen molar-refractivity contribution < 1.29 is 14.0 Å². The number of aromatic nitrogens is 2. The molecule has 1 aromatic heterocycles. The summed E-state index contributed by atoms with van der Waals surface area (Å²) in [5.41, 5.74) is 1.12. The van der Waals surface area contributed by atoms with Crippen molar-refractivity contribution >= 4 is 17.5 Å². The molecule has 130 valence electrons. The van der Waals surface area contributed by atoms with Gasteiger partial charge in [-0.1, -0.05) is 6.58 Å². The average Bonchev–Trinajstić information content (AvgIpc) is 3.08. The van der Waals surface area contributed by atoms with Gasteiger partial charge in [-0.25, -0.2) is 9.89 Å². The van der Waals surface area contributed by atoms with Crippen molar-refractivity contribution in [2.45, 2.75) is 18.8 Å². The summed E-state index contributed by atoms with van der Waals surface area (Å²) >= 11 is 0. The van der Waals surface area contributed by atoms with E-state index in [-0.39, 0.29) is 17.7 Å². The van der Waals surface area contributed by atoms with Crippen molar-refractivity contribution in [3.8, 4) is 0 Å². The summed E-state index contributed by atoms with van der Waals surface area (Å²) in [6, 6.07) is 6.67. The summed E-state index contributed by atoms with van der Waals surface area (Å²) in [4.78, 5) is 36.8. The van der Waals surface area contributed by atoms with Gasteiger partial charge in [-0.2, -0.15) is 0 Å². The Labute approximate surface area is 143 Å². The van der Waals surface area contributed by atoms with E-state index in [1.807, 2.05) is 0 Å². The molecule has 1 aliphatic heterocycles. The predicted octanol–water partition coefficient (Wildman–Crippen LogP) is 1.51. The van der Waals surface area contributed by atoms with E-state index in [0.717, 1.165) is 12.8 Å². The third kappa shape index (κ3) is 3.85. The molecule has 1 aliphatic rings. The monoisotopic (exact) mass is 342 g/mol. The first-order valence-corrected chi connectivity index (χ1v) is 7.95. The van der Waals surface area contributed by atoms with Crippen LogP contribution >= 0.6 is 0 Å². The van der Waals surface area contributed by atoms with Crippen LogP contribution in [0.3, 0.4) is 0 Å². The molecular weight excluding hydrogens is 324 g/mol. The van der Waals surface area contributed by atoms with E-state index in [1.54, 1.807) is 29.2 Å². The normalized spacial score (nSPS) is 17.1. The van der Waals surface area contributed by atoms with Crippen LogP contribution in [0.1, 0.15) is 35.0 Å². The Morgan fingerprint density at radius 3 is 2.76 bits per heavy atom. The lowest BCUT2D eigenvalue weighted by atomic mass is 9.97. The Hall–Kier alpha value is -3.16. The smallest absolute Gasteiger partial charge is 0.392 e. The minimum Gasteiger partial charge on any atom is -0.392 e. The second kappa shape index (κ2) is 7.16. The molecule has 0 aliphatic carbocycles. The molecule has 2 N–H and O–H groups in total. The fraction of sp³-hybridized carbons (Fsp3) is 0.294. The topological polar surface area (TPSA) is 108 Å². The number of likely N-dealkylation sites (tertiary alicyclic amines) is 1. The molecule has 2 heterocycles. The zero-order valence-corrected chi connectivity index (χ0v) is 13.5. The summed E-state index contributed by atoms with van der Waals surface area (Å²) in [5, 5.41) is 8.75. The third-order valence-electron chi connectivity index (χ3n) is 4.10. The highest BCUT2D eigenvalue weighted by Crippen LogP contribution is 2.26. The van der Waals surface area contributed by atoms with E-state index in [1.165, 1.54) is 6.08 Å². The van der Waals surface area contributed by atoms with Gasteiger partial charge >= 0.3 is 5.76 Å². The maximum Gasteiger partial charge on any atom is 0.434 e. The van der Waals surface area contributed by atoms with E-state index in [2.05, 4.69) is 22.1 Å². The first-order chi connectivity index (χ1) is 12.1. The Kier molecular flexibility index (Phi) is 4.78. The van der Waals surface area contributed by atoms with Crippen LogP contribution in [-0.2, 0) is 4.79 Å². The molecule has 1 fully saturated rings. The van der Waals surface area contributed by atoms with E-state index in [0.29, 0.717) is 30.2 Å². The number of hydrogen-bond donors (Lipinski definition) is 2. The highest BCUT2D eigenvalue weighted by Gasteiger charge is 2.28. The quantitative estimate of drug-likeness (QED) is 0.819. The molecule has 1 saturated heterocycles. The molecule has 0 bridgehead atoms. The number of benzene rings is 1. The van der Waals surface area contributed by atoms with Crippen LogP contribution in [0.15, 0.2) is 46.1 Å². The SMILES string of the molecule is C=CC(=O)Nc1ccc(C(=O)N2CCCC(c3n[nH]c(=O)o3)C2)cc1. The number of anilines is 1. The molecular formula is C17H18N4O4. The number of aromatic amines is 1. The molecule has 1 unspecified atom stereocenters. The number of amides is 2. The molecule has 2 aromatic rings. The number of nitrogens with one attached hydrogen (secondary N) is 2. The lowest BCUT2D eigenvalue weighted by Gasteiger charge is -2.31. The summed E-state index contributed by atoms with van der Waals surface area (Å²) < 4.78 is 5.01. The average molecular weight is 342 g/mol. The van der Waals surface area contributed by atoms with Gasteiger partial charge in [-0.3, -0.25) is 9.59 Å². The highest BCUT2D eigenvalue weighted by atomic mass is 16.4. The zero-order valence-electron chi connectivity index (χ0n) is 13.5. The summed E-state index contributed by atoms with van der Waals surface area (Å²) in [6.07, 6.45) is 2.80. The minimum absolute atomic E-state index is 0.0946. The number of hydrogen-bond acceptors (Lipinski definition) is 5. The standard InChI is InChI=1S/C17H18N4O4/c1-2-14(22)18-13-7-5-11(6-8-13)16(23)21-9-3-4-12(10-21)15-19-20-17(24)25-15/h2,5-8,12H,1,3-4,9-10H2,(H,18,22)(H,20,24). The summed E-state index contributed by atoms with van der Waals surface area (Å²) in [6.45, 7) is 4.47. The number of nitrogens with zero attached hydrogens (tertiary/aromatic N) is 2. The summed E-state index contributed by atoms with van der Waals surface area (Å²) in [7, 11) is 0. The van der Waals surface area contributed by atoms with Gasteiger partial charge in [0.05, 0.1) is 5.92 Å². The Morgan fingerprint density at radius 2 is 2.12 bits per heavy atom. The zero-order chi connectivity index (χ0) is 17.8. The van der Waals surface area contributed by atoms with Gasteiger partial charge in [-0.15, -0.1) is 5.10 Å². The van der Waals surface area contributed by atoms with Crippen molar-refractivity contribution in [1.82, 2.24) is 15.1 Å².